The van der Waals surface area contributed by atoms with Crippen LogP contribution in [-0.4, -0.2) is 74.0 Å². The number of likely N-dealkylation sites (tertiary alicyclic amines) is 1. The van der Waals surface area contributed by atoms with Crippen molar-refractivity contribution in [3.05, 3.63) is 23.0 Å². The largest absolute Gasteiger partial charge is 0.497 e. The number of carbonyl (C=O) groups is 3. The van der Waals surface area contributed by atoms with Gasteiger partial charge in [-0.15, -0.1) is 0 Å². The fraction of sp³-hybridized carbons (Fsp3) is 0.565. The monoisotopic (exact) mass is 525 g/mol. The summed E-state index contributed by atoms with van der Waals surface area (Å²) in [6.07, 6.45) is 0.987. The number of methoxy groups -OCH3 is 1. The molecule has 0 bridgehead atoms. The Morgan fingerprint density at radius 3 is 2.46 bits per heavy atom. The highest BCUT2D eigenvalue weighted by molar-refractivity contribution is 7.92. The topological polar surface area (TPSA) is 124 Å². The number of hydrogen-bond donors (Lipinski definition) is 0. The number of sulfone groups is 1. The van der Waals surface area contributed by atoms with Crippen molar-refractivity contribution in [2.75, 3.05) is 38.3 Å². The Hall–Kier alpha value is -2.73. The van der Waals surface area contributed by atoms with Gasteiger partial charge in [0.1, 0.15) is 23.8 Å². The van der Waals surface area contributed by atoms with Gasteiger partial charge in [-0.25, -0.2) is 8.42 Å². The summed E-state index contributed by atoms with van der Waals surface area (Å²) in [7, 11) is -2.50. The molecule has 0 N–H and O–H groups in total. The number of hydrogen-bond acceptors (Lipinski definition) is 8. The van der Waals surface area contributed by atoms with E-state index in [-0.39, 0.29) is 18.0 Å². The second-order valence-electron chi connectivity index (χ2n) is 8.89. The van der Waals surface area contributed by atoms with Gasteiger partial charge in [-0.05, 0) is 43.4 Å². The zero-order chi connectivity index (χ0) is 25.8. The highest BCUT2D eigenvalue weighted by Crippen LogP contribution is 2.23. The van der Waals surface area contributed by atoms with Crippen LogP contribution >= 0.6 is 11.3 Å². The van der Waals surface area contributed by atoms with E-state index in [1.165, 1.54) is 11.7 Å². The molecule has 2 unspecified atom stereocenters. The molecule has 2 amide bonds. The summed E-state index contributed by atoms with van der Waals surface area (Å²) in [6, 6.07) is 5.17. The number of ether oxygens (including phenoxy) is 2. The standard InChI is InChI=1S/C23H31N3O7S2/c1-5-33-22(29)12-26-18-7-6-17(32-4)9-19(18)34-23(26)24-20(27)13-35(30,31)14-21(28)25-10-15(2)8-16(3)11-25/h6-7,9,15-16H,5,8,10-14H2,1-4H3. The van der Waals surface area contributed by atoms with Crippen LogP contribution in [0.1, 0.15) is 27.2 Å². The maximum Gasteiger partial charge on any atom is 0.326 e. The van der Waals surface area contributed by atoms with E-state index in [2.05, 4.69) is 4.99 Å². The first-order valence-electron chi connectivity index (χ1n) is 11.4. The van der Waals surface area contributed by atoms with Crippen LogP contribution in [0.3, 0.4) is 0 Å². The molecular weight excluding hydrogens is 494 g/mol. The minimum Gasteiger partial charge on any atom is -0.497 e. The number of esters is 1. The van der Waals surface area contributed by atoms with Gasteiger partial charge in [0.15, 0.2) is 14.6 Å². The number of carbonyl (C=O) groups excluding carboxylic acids is 3. The number of aromatic nitrogens is 1. The van der Waals surface area contributed by atoms with Gasteiger partial charge in [-0.3, -0.25) is 14.4 Å². The Labute approximate surface area is 208 Å². The molecule has 10 nitrogen and oxygen atoms in total. The van der Waals surface area contributed by atoms with Crippen LogP contribution in [0, 0.1) is 11.8 Å². The molecule has 2 atom stereocenters. The van der Waals surface area contributed by atoms with Gasteiger partial charge >= 0.3 is 5.97 Å². The minimum atomic E-state index is -4.02. The van der Waals surface area contributed by atoms with Crippen LogP contribution in [0.4, 0.5) is 0 Å². The Kier molecular flexibility index (Phi) is 8.70. The van der Waals surface area contributed by atoms with E-state index < -0.39 is 39.1 Å². The fourth-order valence-corrected chi connectivity index (χ4v) is 6.46. The van der Waals surface area contributed by atoms with Crippen LogP contribution in [-0.2, 0) is 35.5 Å². The van der Waals surface area contributed by atoms with Gasteiger partial charge in [0, 0.05) is 13.1 Å². The van der Waals surface area contributed by atoms with Crippen molar-refractivity contribution in [3.8, 4) is 5.75 Å². The van der Waals surface area contributed by atoms with E-state index >= 15 is 0 Å². The lowest BCUT2D eigenvalue weighted by atomic mass is 9.92. The summed E-state index contributed by atoms with van der Waals surface area (Å²) in [5.41, 5.74) is 0.627. The number of thiazole rings is 1. The van der Waals surface area contributed by atoms with Gasteiger partial charge in [0.2, 0.25) is 5.91 Å². The van der Waals surface area contributed by atoms with Crippen LogP contribution in [0.15, 0.2) is 23.2 Å². The molecule has 1 aromatic heterocycles. The highest BCUT2D eigenvalue weighted by Gasteiger charge is 2.29. The van der Waals surface area contributed by atoms with Crippen molar-refractivity contribution in [2.45, 2.75) is 33.7 Å². The summed E-state index contributed by atoms with van der Waals surface area (Å²) in [4.78, 5) is 43.1. The summed E-state index contributed by atoms with van der Waals surface area (Å²) >= 11 is 1.12. The summed E-state index contributed by atoms with van der Waals surface area (Å²) in [5.74, 6) is -2.37. The second kappa shape index (κ2) is 11.3. The average molecular weight is 526 g/mol. The van der Waals surface area contributed by atoms with Gasteiger partial charge in [-0.1, -0.05) is 25.2 Å². The van der Waals surface area contributed by atoms with Gasteiger partial charge in [0.25, 0.3) is 5.91 Å². The fourth-order valence-electron chi connectivity index (χ4n) is 4.28. The third kappa shape index (κ3) is 7.14. The lowest BCUT2D eigenvalue weighted by molar-refractivity contribution is -0.143. The molecule has 1 aliphatic heterocycles. The molecule has 1 saturated heterocycles. The van der Waals surface area contributed by atoms with E-state index in [9.17, 15) is 22.8 Å². The lowest BCUT2D eigenvalue weighted by Crippen LogP contribution is -2.45. The number of benzene rings is 1. The van der Waals surface area contributed by atoms with Crippen LogP contribution < -0.4 is 9.54 Å². The molecule has 192 valence electrons. The number of fused-ring (bicyclic) bond motifs is 1. The number of rotatable bonds is 8. The molecule has 2 heterocycles. The Morgan fingerprint density at radius 2 is 1.83 bits per heavy atom. The van der Waals surface area contributed by atoms with E-state index in [4.69, 9.17) is 9.47 Å². The first-order valence-corrected chi connectivity index (χ1v) is 14.0. The molecule has 2 aromatic rings. The molecule has 3 rings (SSSR count). The van der Waals surface area contributed by atoms with Crippen LogP contribution in [0.2, 0.25) is 0 Å². The second-order valence-corrected chi connectivity index (χ2v) is 12.0. The maximum atomic E-state index is 12.6. The molecule has 1 aromatic carbocycles. The molecule has 1 fully saturated rings. The van der Waals surface area contributed by atoms with E-state index in [1.54, 1.807) is 30.0 Å². The first-order chi connectivity index (χ1) is 16.5. The molecule has 0 spiro atoms. The zero-order valence-electron chi connectivity index (χ0n) is 20.4. The minimum absolute atomic E-state index is 0.159. The smallest absolute Gasteiger partial charge is 0.326 e. The van der Waals surface area contributed by atoms with Gasteiger partial charge in [-0.2, -0.15) is 4.99 Å². The molecule has 12 heteroatoms. The average Bonchev–Trinajstić information content (AvgIpc) is 3.08. The van der Waals surface area contributed by atoms with Crippen LogP contribution in [0.5, 0.6) is 5.75 Å². The van der Waals surface area contributed by atoms with Crippen molar-refractivity contribution in [1.82, 2.24) is 9.47 Å². The van der Waals surface area contributed by atoms with Crippen LogP contribution in [0.25, 0.3) is 10.2 Å². The maximum absolute atomic E-state index is 12.6. The summed E-state index contributed by atoms with van der Waals surface area (Å²) < 4.78 is 37.7. The van der Waals surface area contributed by atoms with E-state index in [1.807, 2.05) is 13.8 Å². The SMILES string of the molecule is CCOC(=O)Cn1c(=NC(=O)CS(=O)(=O)CC(=O)N2CC(C)CC(C)C2)sc2cc(OC)ccc21. The Bertz CT molecular complexity index is 1270. The van der Waals surface area contributed by atoms with Crippen molar-refractivity contribution in [1.29, 1.82) is 0 Å². The number of piperidine rings is 1. The van der Waals surface area contributed by atoms with Crippen molar-refractivity contribution >= 4 is 49.2 Å². The van der Waals surface area contributed by atoms with E-state index in [0.29, 0.717) is 40.9 Å². The Morgan fingerprint density at radius 1 is 1.14 bits per heavy atom. The van der Waals surface area contributed by atoms with Gasteiger partial charge < -0.3 is 18.9 Å². The quantitative estimate of drug-likeness (QED) is 0.480. The van der Waals surface area contributed by atoms with Crippen molar-refractivity contribution < 1.29 is 32.3 Å². The molecule has 35 heavy (non-hydrogen) atoms. The molecular formula is C23H31N3O7S2. The zero-order valence-corrected chi connectivity index (χ0v) is 22.0. The molecule has 0 radical (unpaired) electrons. The number of nitrogens with zero attached hydrogens (tertiary/aromatic N) is 3. The first kappa shape index (κ1) is 26.9. The Balaban J connectivity index is 1.82. The lowest BCUT2D eigenvalue weighted by Gasteiger charge is -2.34. The third-order valence-corrected chi connectivity index (χ3v) is 8.03. The van der Waals surface area contributed by atoms with Crippen molar-refractivity contribution in [3.63, 3.8) is 0 Å². The normalized spacial score (nSPS) is 19.1. The molecule has 0 saturated carbocycles. The summed E-state index contributed by atoms with van der Waals surface area (Å²) in [6.45, 7) is 6.76. The predicted octanol–water partition coefficient (Wildman–Crippen LogP) is 1.62. The molecule has 1 aliphatic rings. The van der Waals surface area contributed by atoms with Gasteiger partial charge in [0.05, 0.1) is 23.9 Å². The molecule has 0 aliphatic carbocycles. The van der Waals surface area contributed by atoms with Crippen molar-refractivity contribution in [2.24, 2.45) is 16.8 Å². The number of amides is 2. The third-order valence-electron chi connectivity index (χ3n) is 5.61. The van der Waals surface area contributed by atoms with E-state index in [0.717, 1.165) is 17.8 Å². The highest BCUT2D eigenvalue weighted by atomic mass is 32.2. The summed E-state index contributed by atoms with van der Waals surface area (Å²) in [5, 5.41) is 0. The predicted molar refractivity (Wildman–Crippen MR) is 132 cm³/mol.